The molecule has 0 aliphatic heterocycles. The Bertz CT molecular complexity index is 625. The predicted octanol–water partition coefficient (Wildman–Crippen LogP) is 4.81. The van der Waals surface area contributed by atoms with Gasteiger partial charge in [-0.15, -0.1) is 11.6 Å². The van der Waals surface area contributed by atoms with Crippen molar-refractivity contribution < 1.29 is 4.79 Å². The molecule has 0 spiro atoms. The van der Waals surface area contributed by atoms with Crippen LogP contribution in [0.2, 0.25) is 0 Å². The summed E-state index contributed by atoms with van der Waals surface area (Å²) in [4.78, 5) is 12.1. The number of carbonyl (C=O) groups excluding carboxylic acids is 1. The highest BCUT2D eigenvalue weighted by Crippen LogP contribution is 2.25. The Morgan fingerprint density at radius 3 is 2.53 bits per heavy atom. The second kappa shape index (κ2) is 5.51. The molecule has 4 heteroatoms. The summed E-state index contributed by atoms with van der Waals surface area (Å²) in [5.41, 5.74) is 0.217. The van der Waals surface area contributed by atoms with E-state index in [0.29, 0.717) is 5.88 Å². The maximum atomic E-state index is 12.1. The van der Waals surface area contributed by atoms with Crippen LogP contribution in [0.1, 0.15) is 13.8 Å². The van der Waals surface area contributed by atoms with E-state index < -0.39 is 5.41 Å². The third-order valence-corrected chi connectivity index (χ3v) is 4.17. The minimum absolute atomic E-state index is 0.0704. The molecular weight excluding hydrogens is 326 g/mol. The second-order valence-corrected chi connectivity index (χ2v) is 6.36. The summed E-state index contributed by atoms with van der Waals surface area (Å²) < 4.78 is 1.04. The number of fused-ring (bicyclic) bond motifs is 1. The Morgan fingerprint density at radius 2 is 1.84 bits per heavy atom. The third kappa shape index (κ3) is 3.28. The van der Waals surface area contributed by atoms with Gasteiger partial charge in [0.25, 0.3) is 0 Å². The maximum absolute atomic E-state index is 12.1. The molecular formula is C15H15BrClNO. The minimum Gasteiger partial charge on any atom is -0.326 e. The highest BCUT2D eigenvalue weighted by atomic mass is 79.9. The molecule has 0 saturated heterocycles. The van der Waals surface area contributed by atoms with Crippen LogP contribution in [0.25, 0.3) is 10.8 Å². The van der Waals surface area contributed by atoms with Crippen molar-refractivity contribution in [2.24, 2.45) is 5.41 Å². The van der Waals surface area contributed by atoms with E-state index in [1.807, 2.05) is 50.2 Å². The van der Waals surface area contributed by atoms with Crippen molar-refractivity contribution in [3.8, 4) is 0 Å². The lowest BCUT2D eigenvalue weighted by Crippen LogP contribution is -2.32. The molecule has 2 aromatic carbocycles. The first-order chi connectivity index (χ1) is 8.92. The van der Waals surface area contributed by atoms with E-state index in [9.17, 15) is 4.79 Å². The Kier molecular flexibility index (Phi) is 4.16. The van der Waals surface area contributed by atoms with E-state index in [2.05, 4.69) is 21.2 Å². The van der Waals surface area contributed by atoms with Gasteiger partial charge in [-0.05, 0) is 48.9 Å². The number of anilines is 1. The lowest BCUT2D eigenvalue weighted by molar-refractivity contribution is -0.122. The largest absolute Gasteiger partial charge is 0.326 e. The van der Waals surface area contributed by atoms with Crippen LogP contribution in [0.15, 0.2) is 40.9 Å². The van der Waals surface area contributed by atoms with Crippen LogP contribution in [0.4, 0.5) is 5.69 Å². The van der Waals surface area contributed by atoms with Gasteiger partial charge >= 0.3 is 0 Å². The molecule has 1 amide bonds. The Labute approximate surface area is 126 Å². The molecule has 0 heterocycles. The number of hydrogen-bond acceptors (Lipinski definition) is 1. The van der Waals surface area contributed by atoms with E-state index in [-0.39, 0.29) is 5.91 Å². The molecule has 2 nitrogen and oxygen atoms in total. The van der Waals surface area contributed by atoms with Gasteiger partial charge in [-0.25, -0.2) is 0 Å². The van der Waals surface area contributed by atoms with Gasteiger partial charge in [-0.3, -0.25) is 4.79 Å². The third-order valence-electron chi connectivity index (χ3n) is 3.01. The highest BCUT2D eigenvalue weighted by molar-refractivity contribution is 9.10. The van der Waals surface area contributed by atoms with Crippen LogP contribution >= 0.6 is 27.5 Å². The molecule has 0 saturated carbocycles. The van der Waals surface area contributed by atoms with Gasteiger partial charge < -0.3 is 5.32 Å². The number of carbonyl (C=O) groups is 1. The molecule has 0 aliphatic carbocycles. The molecule has 100 valence electrons. The molecule has 0 unspecified atom stereocenters. The summed E-state index contributed by atoms with van der Waals surface area (Å²) in [5.74, 6) is 0.221. The smallest absolute Gasteiger partial charge is 0.231 e. The second-order valence-electron chi connectivity index (χ2n) is 5.18. The van der Waals surface area contributed by atoms with Crippen LogP contribution in [-0.4, -0.2) is 11.8 Å². The Morgan fingerprint density at radius 1 is 1.21 bits per heavy atom. The molecule has 19 heavy (non-hydrogen) atoms. The minimum atomic E-state index is -0.573. The van der Waals surface area contributed by atoms with Crippen molar-refractivity contribution in [3.63, 3.8) is 0 Å². The van der Waals surface area contributed by atoms with Crippen LogP contribution < -0.4 is 5.32 Å². The fourth-order valence-electron chi connectivity index (χ4n) is 1.66. The number of amides is 1. The van der Waals surface area contributed by atoms with Crippen molar-refractivity contribution in [1.29, 1.82) is 0 Å². The molecule has 0 radical (unpaired) electrons. The molecule has 2 rings (SSSR count). The predicted molar refractivity (Wildman–Crippen MR) is 84.8 cm³/mol. The number of halogens is 2. The molecule has 0 fully saturated rings. The highest BCUT2D eigenvalue weighted by Gasteiger charge is 2.26. The van der Waals surface area contributed by atoms with E-state index in [4.69, 9.17) is 11.6 Å². The lowest BCUT2D eigenvalue weighted by atomic mass is 9.95. The standard InChI is InChI=1S/C15H15BrClNO/c1-15(2,9-17)14(19)18-13-6-4-10-7-12(16)5-3-11(10)8-13/h3-8H,9H2,1-2H3,(H,18,19). The average Bonchev–Trinajstić information content (AvgIpc) is 2.38. The monoisotopic (exact) mass is 339 g/mol. The maximum Gasteiger partial charge on any atom is 0.231 e. The van der Waals surface area contributed by atoms with Crippen molar-refractivity contribution in [2.45, 2.75) is 13.8 Å². The normalized spacial score (nSPS) is 11.6. The summed E-state index contributed by atoms with van der Waals surface area (Å²) in [6, 6.07) is 11.9. The molecule has 0 aliphatic rings. The lowest BCUT2D eigenvalue weighted by Gasteiger charge is -2.20. The van der Waals surface area contributed by atoms with Crippen LogP contribution in [0, 0.1) is 5.41 Å². The average molecular weight is 341 g/mol. The van der Waals surface area contributed by atoms with Crippen molar-refractivity contribution >= 4 is 49.9 Å². The van der Waals surface area contributed by atoms with E-state index in [1.165, 1.54) is 0 Å². The number of benzene rings is 2. The molecule has 2 aromatic rings. The number of rotatable bonds is 3. The first-order valence-corrected chi connectivity index (χ1v) is 7.32. The van der Waals surface area contributed by atoms with E-state index in [0.717, 1.165) is 20.9 Å². The van der Waals surface area contributed by atoms with Gasteiger partial charge in [0, 0.05) is 16.0 Å². The SMILES string of the molecule is CC(C)(CCl)C(=O)Nc1ccc2cc(Br)ccc2c1. The molecule has 0 bridgehead atoms. The Hall–Kier alpha value is -1.06. The van der Waals surface area contributed by atoms with Crippen LogP contribution in [0.5, 0.6) is 0 Å². The zero-order chi connectivity index (χ0) is 14.0. The molecule has 1 N–H and O–H groups in total. The fourth-order valence-corrected chi connectivity index (χ4v) is 2.16. The van der Waals surface area contributed by atoms with Gasteiger partial charge in [0.1, 0.15) is 0 Å². The Balaban J connectivity index is 2.27. The fraction of sp³-hybridized carbons (Fsp3) is 0.267. The van der Waals surface area contributed by atoms with E-state index in [1.54, 1.807) is 0 Å². The summed E-state index contributed by atoms with van der Waals surface area (Å²) in [7, 11) is 0. The molecule has 0 aromatic heterocycles. The van der Waals surface area contributed by atoms with Crippen LogP contribution in [0.3, 0.4) is 0 Å². The number of hydrogen-bond donors (Lipinski definition) is 1. The van der Waals surface area contributed by atoms with Gasteiger partial charge in [0.05, 0.1) is 5.41 Å². The van der Waals surface area contributed by atoms with Crippen molar-refractivity contribution in [3.05, 3.63) is 40.9 Å². The van der Waals surface area contributed by atoms with E-state index >= 15 is 0 Å². The van der Waals surface area contributed by atoms with Gasteiger partial charge in [-0.2, -0.15) is 0 Å². The summed E-state index contributed by atoms with van der Waals surface area (Å²) in [6.07, 6.45) is 0. The first kappa shape index (κ1) is 14.4. The topological polar surface area (TPSA) is 29.1 Å². The van der Waals surface area contributed by atoms with Crippen molar-refractivity contribution in [1.82, 2.24) is 0 Å². The van der Waals surface area contributed by atoms with Gasteiger partial charge in [0.2, 0.25) is 5.91 Å². The number of nitrogens with one attached hydrogen (secondary N) is 1. The van der Waals surface area contributed by atoms with Crippen molar-refractivity contribution in [2.75, 3.05) is 11.2 Å². The molecule has 0 atom stereocenters. The van der Waals surface area contributed by atoms with Gasteiger partial charge in [-0.1, -0.05) is 28.1 Å². The number of alkyl halides is 1. The first-order valence-electron chi connectivity index (χ1n) is 5.99. The summed E-state index contributed by atoms with van der Waals surface area (Å²) in [5, 5.41) is 5.12. The summed E-state index contributed by atoms with van der Waals surface area (Å²) in [6.45, 7) is 3.65. The van der Waals surface area contributed by atoms with Gasteiger partial charge in [0.15, 0.2) is 0 Å². The summed E-state index contributed by atoms with van der Waals surface area (Å²) >= 11 is 9.24. The quantitative estimate of drug-likeness (QED) is 0.799. The zero-order valence-electron chi connectivity index (χ0n) is 10.8. The zero-order valence-corrected chi connectivity index (χ0v) is 13.2. The van der Waals surface area contributed by atoms with Crippen LogP contribution in [-0.2, 0) is 4.79 Å².